The highest BCUT2D eigenvalue weighted by Gasteiger charge is 2.39. The highest BCUT2D eigenvalue weighted by atomic mass is 16.3. The van der Waals surface area contributed by atoms with Crippen LogP contribution in [0.2, 0.25) is 0 Å². The van der Waals surface area contributed by atoms with Gasteiger partial charge in [-0.1, -0.05) is 11.3 Å². The lowest BCUT2D eigenvalue weighted by Gasteiger charge is -2.29. The minimum atomic E-state index is -0.626. The summed E-state index contributed by atoms with van der Waals surface area (Å²) in [5.41, 5.74) is 2.69. The molecule has 1 fully saturated rings. The van der Waals surface area contributed by atoms with Crippen LogP contribution < -0.4 is 5.32 Å². The molecular weight excluding hydrogens is 338 g/mol. The number of aliphatic hydroxyl groups is 1. The van der Waals surface area contributed by atoms with E-state index >= 15 is 0 Å². The summed E-state index contributed by atoms with van der Waals surface area (Å²) in [5.74, 6) is -0.956. The van der Waals surface area contributed by atoms with Gasteiger partial charge in [-0.05, 0) is 24.1 Å². The number of aromatic nitrogens is 3. The minimum Gasteiger partial charge on any atom is -0.396 e. The number of imide groups is 1. The number of aliphatic hydroxyl groups excluding tert-OH is 1. The number of carbonyl (C=O) groups is 3. The van der Waals surface area contributed by atoms with Crippen molar-refractivity contribution in [3.63, 3.8) is 0 Å². The molecule has 2 N–H and O–H groups in total. The second-order valence-corrected chi connectivity index (χ2v) is 6.37. The van der Waals surface area contributed by atoms with Crippen molar-refractivity contribution in [1.82, 2.24) is 25.2 Å². The van der Waals surface area contributed by atoms with Crippen LogP contribution in [0.25, 0.3) is 5.69 Å². The van der Waals surface area contributed by atoms with Crippen molar-refractivity contribution in [1.29, 1.82) is 0 Å². The first-order valence-corrected chi connectivity index (χ1v) is 8.37. The van der Waals surface area contributed by atoms with Gasteiger partial charge >= 0.3 is 0 Å². The fraction of sp³-hybridized carbons (Fsp3) is 0.353. The zero-order chi connectivity index (χ0) is 18.3. The van der Waals surface area contributed by atoms with Crippen LogP contribution in [0.3, 0.4) is 0 Å². The van der Waals surface area contributed by atoms with Crippen LogP contribution in [-0.4, -0.2) is 55.4 Å². The molecule has 0 spiro atoms. The summed E-state index contributed by atoms with van der Waals surface area (Å²) in [6, 6.07) is 4.76. The first-order chi connectivity index (χ1) is 12.6. The predicted molar refractivity (Wildman–Crippen MR) is 88.2 cm³/mol. The molecule has 0 aliphatic carbocycles. The second-order valence-electron chi connectivity index (χ2n) is 6.37. The molecule has 1 aromatic carbocycles. The summed E-state index contributed by atoms with van der Waals surface area (Å²) >= 11 is 0. The zero-order valence-electron chi connectivity index (χ0n) is 13.9. The van der Waals surface area contributed by atoms with Crippen LogP contribution in [0, 0.1) is 0 Å². The SMILES string of the molecule is O=C1CCC(N2Cc3ccc(-n4cc(CCO)nn4)cc3C2=O)C(=O)N1. The smallest absolute Gasteiger partial charge is 0.255 e. The predicted octanol–water partition coefficient (Wildman–Crippen LogP) is -0.437. The molecule has 9 nitrogen and oxygen atoms in total. The molecule has 2 aliphatic heterocycles. The molecule has 0 bridgehead atoms. The lowest BCUT2D eigenvalue weighted by atomic mass is 10.0. The molecule has 0 radical (unpaired) electrons. The molecule has 1 unspecified atom stereocenters. The van der Waals surface area contributed by atoms with Crippen molar-refractivity contribution in [2.45, 2.75) is 31.8 Å². The molecule has 26 heavy (non-hydrogen) atoms. The maximum atomic E-state index is 12.8. The molecule has 1 saturated heterocycles. The van der Waals surface area contributed by atoms with E-state index in [-0.39, 0.29) is 24.8 Å². The van der Waals surface area contributed by atoms with E-state index in [9.17, 15) is 14.4 Å². The number of fused-ring (bicyclic) bond motifs is 1. The molecule has 9 heteroatoms. The van der Waals surface area contributed by atoms with E-state index in [0.29, 0.717) is 36.3 Å². The third-order valence-electron chi connectivity index (χ3n) is 4.69. The number of nitrogens with one attached hydrogen (secondary N) is 1. The molecule has 134 valence electrons. The molecule has 3 heterocycles. The molecule has 4 rings (SSSR count). The van der Waals surface area contributed by atoms with Crippen molar-refractivity contribution < 1.29 is 19.5 Å². The second kappa shape index (κ2) is 6.34. The van der Waals surface area contributed by atoms with E-state index in [0.717, 1.165) is 5.56 Å². The maximum absolute atomic E-state index is 12.8. The quantitative estimate of drug-likeness (QED) is 0.718. The van der Waals surface area contributed by atoms with E-state index in [2.05, 4.69) is 15.6 Å². The Morgan fingerprint density at radius 3 is 2.88 bits per heavy atom. The summed E-state index contributed by atoms with van der Waals surface area (Å²) in [6.07, 6.45) is 2.68. The van der Waals surface area contributed by atoms with Crippen molar-refractivity contribution in [3.05, 3.63) is 41.2 Å². The van der Waals surface area contributed by atoms with Crippen LogP contribution in [0.1, 0.15) is 34.5 Å². The van der Waals surface area contributed by atoms with Crippen molar-refractivity contribution in [2.75, 3.05) is 6.61 Å². The number of nitrogens with zero attached hydrogens (tertiary/aromatic N) is 4. The molecular formula is C17H17N5O4. The molecule has 0 saturated carbocycles. The van der Waals surface area contributed by atoms with E-state index in [1.54, 1.807) is 16.9 Å². The Morgan fingerprint density at radius 1 is 1.27 bits per heavy atom. The number of amides is 3. The summed E-state index contributed by atoms with van der Waals surface area (Å²) in [4.78, 5) is 37.7. The van der Waals surface area contributed by atoms with E-state index in [1.807, 2.05) is 12.1 Å². The van der Waals surface area contributed by atoms with Gasteiger partial charge in [0.1, 0.15) is 6.04 Å². The van der Waals surface area contributed by atoms with Crippen LogP contribution in [0.15, 0.2) is 24.4 Å². The van der Waals surface area contributed by atoms with Gasteiger partial charge in [0.15, 0.2) is 0 Å². The Kier molecular flexibility index (Phi) is 4.00. The van der Waals surface area contributed by atoms with Crippen LogP contribution in [0.4, 0.5) is 0 Å². The largest absolute Gasteiger partial charge is 0.396 e. The van der Waals surface area contributed by atoms with Gasteiger partial charge in [-0.15, -0.1) is 5.10 Å². The minimum absolute atomic E-state index is 0.0116. The van der Waals surface area contributed by atoms with Crippen LogP contribution in [0.5, 0.6) is 0 Å². The average molecular weight is 355 g/mol. The summed E-state index contributed by atoms with van der Waals surface area (Å²) in [5, 5.41) is 19.2. The number of carbonyl (C=O) groups excluding carboxylic acids is 3. The lowest BCUT2D eigenvalue weighted by Crippen LogP contribution is -2.52. The van der Waals surface area contributed by atoms with Gasteiger partial charge in [-0.2, -0.15) is 0 Å². The van der Waals surface area contributed by atoms with E-state index in [4.69, 9.17) is 5.11 Å². The first-order valence-electron chi connectivity index (χ1n) is 8.37. The van der Waals surface area contributed by atoms with Crippen LogP contribution >= 0.6 is 0 Å². The normalized spacial score (nSPS) is 19.7. The summed E-state index contributed by atoms with van der Waals surface area (Å²) in [6.45, 7) is 0.329. The van der Waals surface area contributed by atoms with Gasteiger partial charge in [-0.25, -0.2) is 4.68 Å². The van der Waals surface area contributed by atoms with Crippen molar-refractivity contribution in [3.8, 4) is 5.69 Å². The number of rotatable bonds is 4. The van der Waals surface area contributed by atoms with Gasteiger partial charge in [0.2, 0.25) is 11.8 Å². The Hall–Kier alpha value is -3.07. The Balaban J connectivity index is 1.59. The van der Waals surface area contributed by atoms with E-state index < -0.39 is 11.9 Å². The summed E-state index contributed by atoms with van der Waals surface area (Å²) in [7, 11) is 0. The number of hydrogen-bond acceptors (Lipinski definition) is 6. The number of benzene rings is 1. The van der Waals surface area contributed by atoms with Crippen molar-refractivity contribution in [2.24, 2.45) is 0 Å². The molecule has 3 amide bonds. The molecule has 1 aromatic heterocycles. The lowest BCUT2D eigenvalue weighted by molar-refractivity contribution is -0.136. The highest BCUT2D eigenvalue weighted by Crippen LogP contribution is 2.28. The first kappa shape index (κ1) is 16.4. The third kappa shape index (κ3) is 2.76. The fourth-order valence-electron chi connectivity index (χ4n) is 3.34. The Bertz CT molecular complexity index is 906. The third-order valence-corrected chi connectivity index (χ3v) is 4.69. The molecule has 1 atom stereocenters. The topological polar surface area (TPSA) is 117 Å². The van der Waals surface area contributed by atoms with Gasteiger partial charge in [0.25, 0.3) is 5.91 Å². The van der Waals surface area contributed by atoms with Gasteiger partial charge in [0, 0.05) is 31.6 Å². The monoisotopic (exact) mass is 355 g/mol. The Labute approximate surface area is 148 Å². The fourth-order valence-corrected chi connectivity index (χ4v) is 3.34. The summed E-state index contributed by atoms with van der Waals surface area (Å²) < 4.78 is 1.55. The number of hydrogen-bond donors (Lipinski definition) is 2. The van der Waals surface area contributed by atoms with Gasteiger partial charge in [0.05, 0.1) is 17.6 Å². The maximum Gasteiger partial charge on any atom is 0.255 e. The Morgan fingerprint density at radius 2 is 2.12 bits per heavy atom. The van der Waals surface area contributed by atoms with Crippen LogP contribution in [-0.2, 0) is 22.6 Å². The van der Waals surface area contributed by atoms with Gasteiger partial charge in [-0.3, -0.25) is 19.7 Å². The average Bonchev–Trinajstić information content (AvgIpc) is 3.20. The number of piperidine rings is 1. The highest BCUT2D eigenvalue weighted by molar-refractivity contribution is 6.05. The van der Waals surface area contributed by atoms with E-state index in [1.165, 1.54) is 4.90 Å². The molecule has 2 aliphatic rings. The molecule has 2 aromatic rings. The standard InChI is InChI=1S/C17H17N5O4/c23-6-5-11-9-22(20-19-11)12-2-1-10-8-21(17(26)13(10)7-12)14-3-4-15(24)18-16(14)25/h1-2,7,9,14,23H,3-6,8H2,(H,18,24,25). The van der Waals surface area contributed by atoms with Gasteiger partial charge < -0.3 is 10.0 Å². The zero-order valence-corrected chi connectivity index (χ0v) is 13.9. The van der Waals surface area contributed by atoms with Crippen molar-refractivity contribution >= 4 is 17.7 Å².